The quantitative estimate of drug-likeness (QED) is 0.893. The van der Waals surface area contributed by atoms with Crippen LogP contribution in [-0.2, 0) is 6.42 Å². The first-order valence-electron chi connectivity index (χ1n) is 6.38. The van der Waals surface area contributed by atoms with E-state index in [0.717, 1.165) is 24.8 Å². The normalized spacial score (nSPS) is 33.5. The van der Waals surface area contributed by atoms with Crippen molar-refractivity contribution in [3.8, 4) is 5.75 Å². The molecule has 0 bridgehead atoms. The third-order valence-electron chi connectivity index (χ3n) is 4.56. The topological polar surface area (TPSA) is 40.5 Å². The molecule has 2 aliphatic carbocycles. The summed E-state index contributed by atoms with van der Waals surface area (Å²) < 4.78 is 0. The standard InChI is InChI=1S/C14H16Cl2O2/c15-12-4-8(14(18)5-13(12)16)1-7-2-9-10(3-7)11(9)6-17/h4-5,7,9-11,17-18H,1-3,6H2/t7?,9-,10+,11?. The number of hydrogen-bond donors (Lipinski definition) is 2. The molecule has 2 unspecified atom stereocenters. The Balaban J connectivity index is 1.66. The van der Waals surface area contributed by atoms with Crippen LogP contribution < -0.4 is 0 Å². The van der Waals surface area contributed by atoms with Crippen LogP contribution in [0.15, 0.2) is 12.1 Å². The van der Waals surface area contributed by atoms with Gasteiger partial charge in [-0.25, -0.2) is 0 Å². The molecule has 98 valence electrons. The minimum atomic E-state index is 0.240. The molecule has 0 radical (unpaired) electrons. The van der Waals surface area contributed by atoms with Crippen LogP contribution >= 0.6 is 23.2 Å². The Morgan fingerprint density at radius 3 is 2.33 bits per heavy atom. The highest BCUT2D eigenvalue weighted by atomic mass is 35.5. The molecule has 4 atom stereocenters. The van der Waals surface area contributed by atoms with Crippen LogP contribution in [0.4, 0.5) is 0 Å². The second-order valence-electron chi connectivity index (χ2n) is 5.61. The fourth-order valence-corrected chi connectivity index (χ4v) is 3.92. The largest absolute Gasteiger partial charge is 0.508 e. The molecule has 0 heterocycles. The molecule has 0 spiro atoms. The minimum Gasteiger partial charge on any atom is -0.508 e. The Kier molecular flexibility index (Phi) is 3.21. The summed E-state index contributed by atoms with van der Waals surface area (Å²) in [6.07, 6.45) is 3.18. The maximum absolute atomic E-state index is 9.87. The molecule has 0 aliphatic heterocycles. The molecule has 1 aromatic carbocycles. The summed E-state index contributed by atoms with van der Waals surface area (Å²) in [7, 11) is 0. The van der Waals surface area contributed by atoms with Crippen LogP contribution in [0, 0.1) is 23.7 Å². The van der Waals surface area contributed by atoms with Crippen LogP contribution in [0.3, 0.4) is 0 Å². The molecular weight excluding hydrogens is 271 g/mol. The van der Waals surface area contributed by atoms with Crippen molar-refractivity contribution in [1.29, 1.82) is 0 Å². The van der Waals surface area contributed by atoms with Gasteiger partial charge in [0.15, 0.2) is 0 Å². The summed E-state index contributed by atoms with van der Waals surface area (Å²) in [6, 6.07) is 3.29. The maximum Gasteiger partial charge on any atom is 0.120 e. The van der Waals surface area contributed by atoms with Gasteiger partial charge in [0.05, 0.1) is 10.0 Å². The Morgan fingerprint density at radius 2 is 1.72 bits per heavy atom. The number of hydrogen-bond acceptors (Lipinski definition) is 2. The van der Waals surface area contributed by atoms with Gasteiger partial charge in [0.1, 0.15) is 5.75 Å². The van der Waals surface area contributed by atoms with E-state index in [1.165, 1.54) is 6.07 Å². The fourth-order valence-electron chi connectivity index (χ4n) is 3.58. The molecule has 2 nitrogen and oxygen atoms in total. The van der Waals surface area contributed by atoms with E-state index in [4.69, 9.17) is 28.3 Å². The first kappa shape index (κ1) is 12.6. The van der Waals surface area contributed by atoms with Crippen LogP contribution in [0.1, 0.15) is 18.4 Å². The number of aromatic hydroxyl groups is 1. The second-order valence-corrected chi connectivity index (χ2v) is 6.43. The average molecular weight is 287 g/mol. The number of rotatable bonds is 3. The highest BCUT2D eigenvalue weighted by molar-refractivity contribution is 6.42. The van der Waals surface area contributed by atoms with Crippen LogP contribution in [-0.4, -0.2) is 16.8 Å². The summed E-state index contributed by atoms with van der Waals surface area (Å²) in [6.45, 7) is 0.333. The molecule has 0 aromatic heterocycles. The van der Waals surface area contributed by atoms with E-state index in [2.05, 4.69) is 0 Å². The number of fused-ring (bicyclic) bond motifs is 1. The molecule has 2 N–H and O–H groups in total. The first-order chi connectivity index (χ1) is 8.60. The molecule has 1 aromatic rings. The predicted molar refractivity (Wildman–Crippen MR) is 72.1 cm³/mol. The number of benzene rings is 1. The highest BCUT2D eigenvalue weighted by Crippen LogP contribution is 2.60. The number of aliphatic hydroxyl groups is 1. The summed E-state index contributed by atoms with van der Waals surface area (Å²) in [5.41, 5.74) is 0.885. The SMILES string of the molecule is OCC1[C@H]2CC(Cc3cc(Cl)c(Cl)cc3O)C[C@@H]12. The lowest BCUT2D eigenvalue weighted by atomic mass is 9.92. The molecule has 4 heteroatoms. The number of phenolic OH excluding ortho intramolecular Hbond substituents is 1. The molecule has 3 rings (SSSR count). The summed E-state index contributed by atoms with van der Waals surface area (Å²) >= 11 is 11.8. The van der Waals surface area contributed by atoms with E-state index in [-0.39, 0.29) is 5.75 Å². The van der Waals surface area contributed by atoms with Crippen molar-refractivity contribution in [3.63, 3.8) is 0 Å². The van der Waals surface area contributed by atoms with Crippen molar-refractivity contribution >= 4 is 23.2 Å². The van der Waals surface area contributed by atoms with Gasteiger partial charge in [0.25, 0.3) is 0 Å². The van der Waals surface area contributed by atoms with Crippen LogP contribution in [0.25, 0.3) is 0 Å². The monoisotopic (exact) mass is 286 g/mol. The Hall–Kier alpha value is -0.440. The maximum atomic E-state index is 9.87. The van der Waals surface area contributed by atoms with E-state index < -0.39 is 0 Å². The predicted octanol–water partition coefficient (Wildman–Crippen LogP) is 3.51. The third-order valence-corrected chi connectivity index (χ3v) is 5.28. The Bertz CT molecular complexity index is 463. The van der Waals surface area contributed by atoms with Gasteiger partial charge in [-0.3, -0.25) is 0 Å². The fraction of sp³-hybridized carbons (Fsp3) is 0.571. The van der Waals surface area contributed by atoms with E-state index in [1.807, 2.05) is 0 Å². The van der Waals surface area contributed by atoms with Crippen LogP contribution in [0.5, 0.6) is 5.75 Å². The Morgan fingerprint density at radius 1 is 1.11 bits per heavy atom. The Labute approximate surface area is 117 Å². The minimum absolute atomic E-state index is 0.240. The highest BCUT2D eigenvalue weighted by Gasteiger charge is 2.55. The number of phenols is 1. The van der Waals surface area contributed by atoms with Gasteiger partial charge < -0.3 is 10.2 Å². The number of aliphatic hydroxyl groups excluding tert-OH is 1. The second kappa shape index (κ2) is 4.59. The van der Waals surface area contributed by atoms with E-state index in [9.17, 15) is 5.11 Å². The van der Waals surface area contributed by atoms with Gasteiger partial charge in [0.2, 0.25) is 0 Å². The van der Waals surface area contributed by atoms with Gasteiger partial charge in [-0.15, -0.1) is 0 Å². The smallest absolute Gasteiger partial charge is 0.120 e. The van der Waals surface area contributed by atoms with Gasteiger partial charge in [-0.2, -0.15) is 0 Å². The molecule has 2 aliphatic rings. The zero-order valence-electron chi connectivity index (χ0n) is 9.94. The summed E-state index contributed by atoms with van der Waals surface area (Å²) in [5, 5.41) is 19.9. The van der Waals surface area contributed by atoms with Crippen molar-refractivity contribution < 1.29 is 10.2 Å². The summed E-state index contributed by atoms with van der Waals surface area (Å²) in [5.74, 6) is 2.81. The lowest BCUT2D eigenvalue weighted by molar-refractivity contribution is 0.247. The third kappa shape index (κ3) is 2.11. The molecular formula is C14H16Cl2O2. The average Bonchev–Trinajstić information content (AvgIpc) is 2.80. The van der Waals surface area contributed by atoms with Crippen molar-refractivity contribution in [1.82, 2.24) is 0 Å². The van der Waals surface area contributed by atoms with E-state index in [1.54, 1.807) is 6.07 Å². The van der Waals surface area contributed by atoms with Gasteiger partial charge >= 0.3 is 0 Å². The lowest BCUT2D eigenvalue weighted by Crippen LogP contribution is -2.06. The van der Waals surface area contributed by atoms with E-state index >= 15 is 0 Å². The van der Waals surface area contributed by atoms with E-state index in [0.29, 0.717) is 40.3 Å². The van der Waals surface area contributed by atoms with Crippen LogP contribution in [0.2, 0.25) is 10.0 Å². The van der Waals surface area contributed by atoms with Crippen molar-refractivity contribution in [2.45, 2.75) is 19.3 Å². The van der Waals surface area contributed by atoms with Gasteiger partial charge in [-0.1, -0.05) is 23.2 Å². The van der Waals surface area contributed by atoms with Crippen molar-refractivity contribution in [2.75, 3.05) is 6.61 Å². The molecule has 2 fully saturated rings. The molecule has 18 heavy (non-hydrogen) atoms. The van der Waals surface area contributed by atoms with Crippen molar-refractivity contribution in [2.24, 2.45) is 23.7 Å². The van der Waals surface area contributed by atoms with Gasteiger partial charge in [0, 0.05) is 12.7 Å². The van der Waals surface area contributed by atoms with Gasteiger partial charge in [-0.05, 0) is 54.6 Å². The molecule has 0 saturated heterocycles. The zero-order chi connectivity index (χ0) is 12.9. The van der Waals surface area contributed by atoms with Crippen molar-refractivity contribution in [3.05, 3.63) is 27.7 Å². The first-order valence-corrected chi connectivity index (χ1v) is 7.13. The molecule has 2 saturated carbocycles. The lowest BCUT2D eigenvalue weighted by Gasteiger charge is -2.15. The molecule has 0 amide bonds. The zero-order valence-corrected chi connectivity index (χ0v) is 11.5. The summed E-state index contributed by atoms with van der Waals surface area (Å²) in [4.78, 5) is 0. The number of halogens is 2.